The van der Waals surface area contributed by atoms with Crippen LogP contribution in [0.25, 0.3) is 0 Å². The normalized spacial score (nSPS) is 15.4. The molecule has 0 spiro atoms. The summed E-state index contributed by atoms with van der Waals surface area (Å²) in [5.41, 5.74) is 0. The van der Waals surface area contributed by atoms with Gasteiger partial charge in [-0.15, -0.1) is 0 Å². The van der Waals surface area contributed by atoms with Gasteiger partial charge in [0.25, 0.3) is 0 Å². The van der Waals surface area contributed by atoms with E-state index in [0.717, 1.165) is 0 Å². The lowest BCUT2D eigenvalue weighted by atomic mass is 10.0. The number of hydrogen-bond donors (Lipinski definition) is 0. The van der Waals surface area contributed by atoms with Gasteiger partial charge < -0.3 is 0 Å². The highest BCUT2D eigenvalue weighted by Gasteiger charge is 2.79. The minimum Gasteiger partial charge on any atom is -0.200 e. The molecule has 0 radical (unpaired) electrons. The maximum absolute atomic E-state index is 12.7. The van der Waals surface area contributed by atoms with Crippen molar-refractivity contribution in [1.29, 1.82) is 0 Å². The van der Waals surface area contributed by atoms with Gasteiger partial charge in [0.15, 0.2) is 0 Å². The lowest BCUT2D eigenvalue weighted by molar-refractivity contribution is -0.342. The molecule has 0 bridgehead atoms. The van der Waals surface area contributed by atoms with Crippen LogP contribution in [0.3, 0.4) is 0 Å². The van der Waals surface area contributed by atoms with Crippen LogP contribution in [0.5, 0.6) is 0 Å². The predicted octanol–water partition coefficient (Wildman–Crippen LogP) is 4.75. The smallest absolute Gasteiger partial charge is 0.200 e. The molecule has 0 unspecified atom stereocenters. The first kappa shape index (κ1) is 16.9. The van der Waals surface area contributed by atoms with Crippen molar-refractivity contribution in [2.75, 3.05) is 4.43 Å². The van der Waals surface area contributed by atoms with Crippen molar-refractivity contribution in [2.45, 2.75) is 28.1 Å². The fourth-order valence-corrected chi connectivity index (χ4v) is 1.70. The number of halogens is 10. The summed E-state index contributed by atoms with van der Waals surface area (Å²) in [4.78, 5) is 0. The Morgan fingerprint density at radius 3 is 1.38 bits per heavy atom. The summed E-state index contributed by atoms with van der Waals surface area (Å²) in [6.45, 7) is 0. The predicted molar refractivity (Wildman–Crippen MR) is 57.3 cm³/mol. The summed E-state index contributed by atoms with van der Waals surface area (Å²) in [6.07, 6.45) is -1.61. The number of rotatable bonds is 5. The Kier molecular flexibility index (Phi) is 5.15. The molecular formula is C6H4F8I2. The van der Waals surface area contributed by atoms with Crippen molar-refractivity contribution in [1.82, 2.24) is 0 Å². The molecule has 98 valence electrons. The highest BCUT2D eigenvalue weighted by molar-refractivity contribution is 14.1. The van der Waals surface area contributed by atoms with Crippen molar-refractivity contribution in [2.24, 2.45) is 0 Å². The van der Waals surface area contributed by atoms with Crippen LogP contribution >= 0.6 is 45.2 Å². The summed E-state index contributed by atoms with van der Waals surface area (Å²) in [6, 6.07) is 0. The lowest BCUT2D eigenvalue weighted by Gasteiger charge is -2.34. The Labute approximate surface area is 112 Å². The molecule has 0 saturated carbocycles. The Balaban J connectivity index is 5.34. The van der Waals surface area contributed by atoms with Gasteiger partial charge in [0.1, 0.15) is 0 Å². The molecule has 0 aromatic carbocycles. The van der Waals surface area contributed by atoms with Crippen LogP contribution in [-0.4, -0.2) is 26.1 Å². The average Bonchev–Trinajstić information content (AvgIpc) is 2.01. The van der Waals surface area contributed by atoms with Crippen LogP contribution in [0, 0.1) is 0 Å². The molecule has 0 saturated heterocycles. The monoisotopic (exact) mass is 482 g/mol. The topological polar surface area (TPSA) is 0 Å². The molecule has 0 aromatic rings. The molecule has 0 aliphatic rings. The molecule has 16 heavy (non-hydrogen) atoms. The first-order valence-corrected chi connectivity index (χ1v) is 6.18. The van der Waals surface area contributed by atoms with Crippen LogP contribution in [0.15, 0.2) is 0 Å². The molecule has 0 fully saturated rings. The fourth-order valence-electron chi connectivity index (χ4n) is 0.683. The van der Waals surface area contributed by atoms with Crippen LogP contribution in [0.2, 0.25) is 0 Å². The molecule has 0 aromatic heterocycles. The maximum Gasteiger partial charge on any atom is 0.387 e. The minimum absolute atomic E-state index is 0.286. The zero-order chi connectivity index (χ0) is 13.4. The van der Waals surface area contributed by atoms with Gasteiger partial charge in [-0.2, -0.15) is 35.1 Å². The second-order valence-corrected chi connectivity index (χ2v) is 5.22. The summed E-state index contributed by atoms with van der Waals surface area (Å²) >= 11 is 0.969. The third-order valence-electron chi connectivity index (χ3n) is 1.62. The van der Waals surface area contributed by atoms with Gasteiger partial charge in [-0.3, -0.25) is 0 Å². The zero-order valence-electron chi connectivity index (χ0n) is 7.19. The van der Waals surface area contributed by atoms with Crippen LogP contribution in [0.1, 0.15) is 6.42 Å². The molecule has 10 heteroatoms. The van der Waals surface area contributed by atoms with Crippen LogP contribution < -0.4 is 0 Å². The van der Waals surface area contributed by atoms with E-state index in [1.54, 1.807) is 0 Å². The Hall–Kier alpha value is 0.900. The Morgan fingerprint density at radius 1 is 0.750 bits per heavy atom. The van der Waals surface area contributed by atoms with E-state index >= 15 is 0 Å². The van der Waals surface area contributed by atoms with Gasteiger partial charge in [0.05, 0.1) is 0 Å². The van der Waals surface area contributed by atoms with Gasteiger partial charge in [-0.1, -0.05) is 22.6 Å². The molecule has 0 aliphatic heterocycles. The zero-order valence-corrected chi connectivity index (χ0v) is 11.5. The highest BCUT2D eigenvalue weighted by Crippen LogP contribution is 2.55. The standard InChI is InChI=1S/C6H4F8I2/c7-3(8,1-2-15)4(9,10)5(11,12)6(13,14)16/h1-2H2. The van der Waals surface area contributed by atoms with E-state index < -0.39 is 32.5 Å². The van der Waals surface area contributed by atoms with Gasteiger partial charge in [0.2, 0.25) is 0 Å². The Morgan fingerprint density at radius 2 is 1.12 bits per heavy atom. The van der Waals surface area contributed by atoms with Crippen molar-refractivity contribution in [3.8, 4) is 0 Å². The van der Waals surface area contributed by atoms with Gasteiger partial charge in [0, 0.05) is 33.4 Å². The van der Waals surface area contributed by atoms with Gasteiger partial charge in [-0.05, 0) is 0 Å². The fraction of sp³-hybridized carbons (Fsp3) is 1.00. The summed E-state index contributed by atoms with van der Waals surface area (Å²) in [7, 11) is 0. The summed E-state index contributed by atoms with van der Waals surface area (Å²) in [5, 5.41) is 0. The third kappa shape index (κ3) is 2.83. The average molecular weight is 482 g/mol. The maximum atomic E-state index is 12.7. The minimum atomic E-state index is -6.12. The third-order valence-corrected chi connectivity index (χ3v) is 2.83. The van der Waals surface area contributed by atoms with Crippen LogP contribution in [-0.2, 0) is 0 Å². The molecule has 0 heterocycles. The summed E-state index contributed by atoms with van der Waals surface area (Å²) in [5.74, 6) is -17.4. The Bertz CT molecular complexity index is 245. The van der Waals surface area contributed by atoms with E-state index in [-0.39, 0.29) is 22.6 Å². The van der Waals surface area contributed by atoms with E-state index in [2.05, 4.69) is 0 Å². The molecule has 0 N–H and O–H groups in total. The van der Waals surface area contributed by atoms with Crippen molar-refractivity contribution >= 4 is 45.2 Å². The van der Waals surface area contributed by atoms with E-state index in [1.807, 2.05) is 0 Å². The quantitative estimate of drug-likeness (QED) is 0.302. The lowest BCUT2D eigenvalue weighted by Crippen LogP contribution is -2.60. The van der Waals surface area contributed by atoms with E-state index in [9.17, 15) is 35.1 Å². The van der Waals surface area contributed by atoms with E-state index in [0.29, 0.717) is 0 Å². The first-order valence-electron chi connectivity index (χ1n) is 3.57. The van der Waals surface area contributed by atoms with Crippen molar-refractivity contribution in [3.63, 3.8) is 0 Å². The molecule has 0 atom stereocenters. The van der Waals surface area contributed by atoms with E-state index in [1.165, 1.54) is 22.6 Å². The van der Waals surface area contributed by atoms with Crippen molar-refractivity contribution < 1.29 is 35.1 Å². The molecular weight excluding hydrogens is 478 g/mol. The SMILES string of the molecule is FC(F)(I)C(F)(F)C(F)(F)C(F)(F)CCI. The summed E-state index contributed by atoms with van der Waals surface area (Å²) < 4.78 is 94.3. The van der Waals surface area contributed by atoms with E-state index in [4.69, 9.17) is 0 Å². The second kappa shape index (κ2) is 4.88. The second-order valence-electron chi connectivity index (χ2n) is 2.79. The first-order chi connectivity index (χ1) is 6.81. The number of alkyl halides is 10. The molecule has 0 amide bonds. The van der Waals surface area contributed by atoms with Gasteiger partial charge in [-0.25, -0.2) is 0 Å². The number of hydrogen-bond acceptors (Lipinski definition) is 0. The van der Waals surface area contributed by atoms with Crippen LogP contribution in [0.4, 0.5) is 35.1 Å². The van der Waals surface area contributed by atoms with Gasteiger partial charge >= 0.3 is 21.7 Å². The highest BCUT2D eigenvalue weighted by atomic mass is 127. The molecule has 0 nitrogen and oxygen atoms in total. The largest absolute Gasteiger partial charge is 0.387 e. The molecule has 0 rings (SSSR count). The van der Waals surface area contributed by atoms with Crippen molar-refractivity contribution in [3.05, 3.63) is 0 Å². The molecule has 0 aliphatic carbocycles.